The lowest BCUT2D eigenvalue weighted by atomic mass is 10.1. The Hall–Kier alpha value is -3.62. The molecule has 0 fully saturated rings. The normalized spacial score (nSPS) is 12.2. The lowest BCUT2D eigenvalue weighted by Gasteiger charge is -2.28. The fourth-order valence-corrected chi connectivity index (χ4v) is 2.76. The van der Waals surface area contributed by atoms with E-state index in [1.165, 1.54) is 0 Å². The van der Waals surface area contributed by atoms with E-state index in [1.54, 1.807) is 80.0 Å². The first-order chi connectivity index (χ1) is 15.2. The summed E-state index contributed by atoms with van der Waals surface area (Å²) in [6.45, 7) is 12.1. The standard InChI is InChI=1S/C24H32N4O5/c1-15-9-10-16(18-14-17(31-8)11-12-26-18)13-19(15)28(22(30)33-24(5,6)7)20(25)27-21(29)32-23(2,3)4/h9-14H,1-8H3,(H2,25,27,29). The number of methoxy groups -OCH3 is 1. The van der Waals surface area contributed by atoms with Gasteiger partial charge in [-0.05, 0) is 66.2 Å². The molecule has 0 saturated carbocycles. The van der Waals surface area contributed by atoms with E-state index in [4.69, 9.17) is 19.9 Å². The lowest BCUT2D eigenvalue weighted by Crippen LogP contribution is -2.46. The Morgan fingerprint density at radius 2 is 1.64 bits per heavy atom. The molecule has 0 aliphatic carbocycles. The number of ether oxygens (including phenoxy) is 3. The molecule has 0 radical (unpaired) electrons. The minimum atomic E-state index is -0.920. The summed E-state index contributed by atoms with van der Waals surface area (Å²) >= 11 is 0. The quantitative estimate of drug-likeness (QED) is 0.507. The number of aliphatic imine (C=N–C) groups is 1. The summed E-state index contributed by atoms with van der Waals surface area (Å²) in [6.07, 6.45) is -0.0829. The molecule has 0 unspecified atom stereocenters. The van der Waals surface area contributed by atoms with Crippen LogP contribution >= 0.6 is 0 Å². The molecular formula is C24H32N4O5. The summed E-state index contributed by atoms with van der Waals surface area (Å²) in [6, 6.07) is 8.89. The molecule has 0 spiro atoms. The first-order valence-corrected chi connectivity index (χ1v) is 10.4. The maximum absolute atomic E-state index is 13.1. The van der Waals surface area contributed by atoms with Crippen molar-refractivity contribution in [3.05, 3.63) is 42.1 Å². The van der Waals surface area contributed by atoms with E-state index in [1.807, 2.05) is 12.1 Å². The van der Waals surface area contributed by atoms with E-state index in [0.29, 0.717) is 28.3 Å². The van der Waals surface area contributed by atoms with E-state index in [9.17, 15) is 9.59 Å². The Labute approximate surface area is 194 Å². The molecule has 0 aliphatic heterocycles. The summed E-state index contributed by atoms with van der Waals surface area (Å²) in [5, 5.41) is 0. The molecule has 1 aromatic carbocycles. The number of carbonyl (C=O) groups is 2. The number of anilines is 1. The number of hydrogen-bond acceptors (Lipinski definition) is 6. The van der Waals surface area contributed by atoms with Gasteiger partial charge in [0.2, 0.25) is 5.96 Å². The number of carbonyl (C=O) groups excluding carboxylic acids is 2. The number of guanidine groups is 1. The molecule has 0 atom stereocenters. The molecule has 0 saturated heterocycles. The SMILES string of the molecule is COc1ccnc(-c2ccc(C)c(N(C(=O)OC(C)(C)C)C(N)=NC(=O)OC(C)(C)C)c2)c1. The molecule has 0 aliphatic rings. The van der Waals surface area contributed by atoms with Crippen molar-refractivity contribution < 1.29 is 23.8 Å². The molecule has 1 heterocycles. The predicted octanol–water partition coefficient (Wildman–Crippen LogP) is 5.06. The number of hydrogen-bond donors (Lipinski definition) is 1. The number of pyridine rings is 1. The topological polar surface area (TPSA) is 116 Å². The second-order valence-corrected chi connectivity index (χ2v) is 9.35. The molecule has 1 aromatic heterocycles. The second-order valence-electron chi connectivity index (χ2n) is 9.35. The minimum Gasteiger partial charge on any atom is -0.497 e. The van der Waals surface area contributed by atoms with Gasteiger partial charge in [0, 0.05) is 17.8 Å². The van der Waals surface area contributed by atoms with Crippen LogP contribution in [0.2, 0.25) is 0 Å². The largest absolute Gasteiger partial charge is 0.497 e. The first kappa shape index (κ1) is 25.6. The van der Waals surface area contributed by atoms with Crippen LogP contribution < -0.4 is 15.4 Å². The Morgan fingerprint density at radius 3 is 2.21 bits per heavy atom. The van der Waals surface area contributed by atoms with Crippen LogP contribution in [0.5, 0.6) is 5.75 Å². The number of amides is 2. The number of nitrogens with two attached hydrogens (primary N) is 1. The molecule has 33 heavy (non-hydrogen) atoms. The zero-order valence-corrected chi connectivity index (χ0v) is 20.4. The maximum Gasteiger partial charge on any atom is 0.437 e. The van der Waals surface area contributed by atoms with Crippen molar-refractivity contribution in [3.8, 4) is 17.0 Å². The van der Waals surface area contributed by atoms with Crippen molar-refractivity contribution in [1.29, 1.82) is 0 Å². The van der Waals surface area contributed by atoms with E-state index < -0.39 is 23.4 Å². The van der Waals surface area contributed by atoms with Gasteiger partial charge in [0.25, 0.3) is 0 Å². The summed E-state index contributed by atoms with van der Waals surface area (Å²) in [4.78, 5) is 34.6. The van der Waals surface area contributed by atoms with Crippen LogP contribution in [0.15, 0.2) is 41.5 Å². The van der Waals surface area contributed by atoms with E-state index >= 15 is 0 Å². The van der Waals surface area contributed by atoms with Crippen molar-refractivity contribution in [2.45, 2.75) is 59.7 Å². The zero-order chi connectivity index (χ0) is 25.0. The highest BCUT2D eigenvalue weighted by molar-refractivity contribution is 6.15. The predicted molar refractivity (Wildman–Crippen MR) is 128 cm³/mol. The van der Waals surface area contributed by atoms with E-state index in [-0.39, 0.29) is 5.96 Å². The van der Waals surface area contributed by atoms with Gasteiger partial charge >= 0.3 is 12.2 Å². The monoisotopic (exact) mass is 456 g/mol. The summed E-state index contributed by atoms with van der Waals surface area (Å²) in [5.74, 6) is 0.259. The summed E-state index contributed by atoms with van der Waals surface area (Å²) in [7, 11) is 1.57. The van der Waals surface area contributed by atoms with Crippen molar-refractivity contribution in [2.24, 2.45) is 10.7 Å². The first-order valence-electron chi connectivity index (χ1n) is 10.4. The average molecular weight is 457 g/mol. The number of aromatic nitrogens is 1. The lowest BCUT2D eigenvalue weighted by molar-refractivity contribution is 0.0600. The van der Waals surface area contributed by atoms with E-state index in [2.05, 4.69) is 9.98 Å². The van der Waals surface area contributed by atoms with Gasteiger partial charge in [0.15, 0.2) is 0 Å². The van der Waals surface area contributed by atoms with Crippen LogP contribution in [0.4, 0.5) is 15.3 Å². The van der Waals surface area contributed by atoms with Gasteiger partial charge in [0.05, 0.1) is 18.5 Å². The van der Waals surface area contributed by atoms with Gasteiger partial charge < -0.3 is 19.9 Å². The van der Waals surface area contributed by atoms with Crippen LogP contribution in [0.3, 0.4) is 0 Å². The van der Waals surface area contributed by atoms with Crippen molar-refractivity contribution in [3.63, 3.8) is 0 Å². The Morgan fingerprint density at radius 1 is 1.00 bits per heavy atom. The number of rotatable bonds is 3. The van der Waals surface area contributed by atoms with Gasteiger partial charge in [-0.1, -0.05) is 12.1 Å². The molecule has 2 aromatic rings. The van der Waals surface area contributed by atoms with Crippen LogP contribution in [0.25, 0.3) is 11.3 Å². The molecule has 0 bridgehead atoms. The van der Waals surface area contributed by atoms with Crippen LogP contribution in [0.1, 0.15) is 47.1 Å². The Kier molecular flexibility index (Phi) is 7.68. The molecule has 2 amide bonds. The molecule has 9 heteroatoms. The zero-order valence-electron chi connectivity index (χ0n) is 20.4. The number of nitrogens with zero attached hydrogens (tertiary/aromatic N) is 3. The Bertz CT molecular complexity index is 1050. The third kappa shape index (κ3) is 7.48. The van der Waals surface area contributed by atoms with E-state index in [0.717, 1.165) is 4.90 Å². The molecule has 178 valence electrons. The summed E-state index contributed by atoms with van der Waals surface area (Å²) in [5.41, 5.74) is 6.97. The highest BCUT2D eigenvalue weighted by Gasteiger charge is 2.29. The summed E-state index contributed by atoms with van der Waals surface area (Å²) < 4.78 is 16.0. The highest BCUT2D eigenvalue weighted by Crippen LogP contribution is 2.30. The fraction of sp³-hybridized carbons (Fsp3) is 0.417. The van der Waals surface area contributed by atoms with Gasteiger partial charge in [-0.25, -0.2) is 14.5 Å². The van der Waals surface area contributed by atoms with Crippen LogP contribution in [-0.4, -0.2) is 41.4 Å². The number of benzene rings is 1. The van der Waals surface area contributed by atoms with Crippen molar-refractivity contribution in [2.75, 3.05) is 12.0 Å². The molecule has 2 rings (SSSR count). The fourth-order valence-electron chi connectivity index (χ4n) is 2.76. The minimum absolute atomic E-state index is 0.377. The van der Waals surface area contributed by atoms with Crippen molar-refractivity contribution >= 4 is 23.8 Å². The number of aryl methyl sites for hydroxylation is 1. The average Bonchev–Trinajstić information content (AvgIpc) is 2.66. The van der Waals surface area contributed by atoms with Crippen molar-refractivity contribution in [1.82, 2.24) is 4.98 Å². The third-order valence-electron chi connectivity index (χ3n) is 4.12. The highest BCUT2D eigenvalue weighted by atomic mass is 16.6. The molecule has 9 nitrogen and oxygen atoms in total. The molecular weight excluding hydrogens is 424 g/mol. The Balaban J connectivity index is 2.58. The van der Waals surface area contributed by atoms with Crippen LogP contribution in [-0.2, 0) is 9.47 Å². The smallest absolute Gasteiger partial charge is 0.437 e. The van der Waals surface area contributed by atoms with Crippen LogP contribution in [0, 0.1) is 6.92 Å². The maximum atomic E-state index is 13.1. The van der Waals surface area contributed by atoms with Gasteiger partial charge in [-0.15, -0.1) is 4.99 Å². The van der Waals surface area contributed by atoms with Gasteiger partial charge in [0.1, 0.15) is 17.0 Å². The molecule has 2 N–H and O–H groups in total. The third-order valence-corrected chi connectivity index (χ3v) is 4.12. The van der Waals surface area contributed by atoms with Gasteiger partial charge in [-0.3, -0.25) is 4.98 Å². The second kappa shape index (κ2) is 9.89. The van der Waals surface area contributed by atoms with Gasteiger partial charge in [-0.2, -0.15) is 0 Å².